The van der Waals surface area contributed by atoms with E-state index in [1.165, 1.54) is 12.1 Å². The minimum Gasteiger partial charge on any atom is -0.482 e. The topological polar surface area (TPSA) is 74.5 Å². The van der Waals surface area contributed by atoms with Crippen molar-refractivity contribution in [2.75, 3.05) is 6.61 Å². The molecule has 0 unspecified atom stereocenters. The van der Waals surface area contributed by atoms with E-state index < -0.39 is 5.91 Å². The SMILES string of the molecule is CC/C(=N/NC(=O)COc1ccccc1C#N)c1ccc(F)cc1. The number of hydrogen-bond donors (Lipinski definition) is 1. The van der Waals surface area contributed by atoms with Crippen molar-refractivity contribution in [2.45, 2.75) is 13.3 Å². The van der Waals surface area contributed by atoms with Crippen molar-refractivity contribution >= 4 is 11.6 Å². The second-order valence-corrected chi connectivity index (χ2v) is 4.85. The summed E-state index contributed by atoms with van der Waals surface area (Å²) in [4.78, 5) is 11.8. The number of hydrogen-bond acceptors (Lipinski definition) is 4. The van der Waals surface area contributed by atoms with E-state index in [4.69, 9.17) is 10.00 Å². The molecule has 24 heavy (non-hydrogen) atoms. The number of amides is 1. The molecular weight excluding hydrogens is 309 g/mol. The van der Waals surface area contributed by atoms with Crippen molar-refractivity contribution in [1.82, 2.24) is 5.43 Å². The third-order valence-corrected chi connectivity index (χ3v) is 3.19. The minimum absolute atomic E-state index is 0.261. The standard InChI is InChI=1S/C18H16FN3O2/c1-2-16(13-7-9-15(19)10-8-13)21-22-18(23)12-24-17-6-4-3-5-14(17)11-20/h3-10H,2,12H2,1H3,(H,22,23)/b21-16-. The Labute approximate surface area is 139 Å². The van der Waals surface area contributed by atoms with Gasteiger partial charge >= 0.3 is 0 Å². The van der Waals surface area contributed by atoms with Gasteiger partial charge in [0.05, 0.1) is 11.3 Å². The maximum atomic E-state index is 12.9. The van der Waals surface area contributed by atoms with Crippen LogP contribution in [-0.4, -0.2) is 18.2 Å². The monoisotopic (exact) mass is 325 g/mol. The number of rotatable bonds is 6. The highest BCUT2D eigenvalue weighted by molar-refractivity contribution is 6.00. The van der Waals surface area contributed by atoms with Crippen molar-refractivity contribution in [3.8, 4) is 11.8 Å². The van der Waals surface area contributed by atoms with E-state index in [2.05, 4.69) is 10.5 Å². The number of nitrogens with zero attached hydrogens (tertiary/aromatic N) is 2. The predicted octanol–water partition coefficient (Wildman–Crippen LogP) is 3.01. The molecule has 122 valence electrons. The first-order valence-electron chi connectivity index (χ1n) is 7.37. The maximum Gasteiger partial charge on any atom is 0.277 e. The van der Waals surface area contributed by atoms with E-state index in [0.29, 0.717) is 23.4 Å². The molecule has 2 aromatic carbocycles. The Morgan fingerprint density at radius 2 is 1.96 bits per heavy atom. The van der Waals surface area contributed by atoms with Crippen molar-refractivity contribution < 1.29 is 13.9 Å². The Bertz CT molecular complexity index is 780. The van der Waals surface area contributed by atoms with Crippen LogP contribution < -0.4 is 10.2 Å². The Hall–Kier alpha value is -3.20. The molecule has 0 aromatic heterocycles. The number of para-hydroxylation sites is 1. The average molecular weight is 325 g/mol. The van der Waals surface area contributed by atoms with Crippen molar-refractivity contribution in [2.24, 2.45) is 5.10 Å². The van der Waals surface area contributed by atoms with E-state index in [0.717, 1.165) is 5.56 Å². The first-order chi connectivity index (χ1) is 11.6. The highest BCUT2D eigenvalue weighted by Crippen LogP contribution is 2.16. The number of ether oxygens (including phenoxy) is 1. The van der Waals surface area contributed by atoms with Crippen LogP contribution in [0, 0.1) is 17.1 Å². The summed E-state index contributed by atoms with van der Waals surface area (Å²) in [6.45, 7) is 1.62. The molecule has 0 aliphatic heterocycles. The van der Waals surface area contributed by atoms with Crippen LogP contribution in [-0.2, 0) is 4.79 Å². The molecule has 2 rings (SSSR count). The maximum absolute atomic E-state index is 12.9. The van der Waals surface area contributed by atoms with Crippen LogP contribution >= 0.6 is 0 Å². The van der Waals surface area contributed by atoms with Crippen LogP contribution in [0.15, 0.2) is 53.6 Å². The van der Waals surface area contributed by atoms with Gasteiger partial charge in [0.2, 0.25) is 0 Å². The third-order valence-electron chi connectivity index (χ3n) is 3.19. The summed E-state index contributed by atoms with van der Waals surface area (Å²) in [7, 11) is 0. The number of nitrogens with one attached hydrogen (secondary N) is 1. The molecule has 1 N–H and O–H groups in total. The Morgan fingerprint density at radius 1 is 1.25 bits per heavy atom. The molecule has 0 radical (unpaired) electrons. The summed E-state index contributed by atoms with van der Waals surface area (Å²) in [5.41, 5.74) is 4.11. The first-order valence-corrected chi connectivity index (χ1v) is 7.37. The molecule has 0 bridgehead atoms. The van der Waals surface area contributed by atoms with Gasteiger partial charge in [-0.3, -0.25) is 4.79 Å². The summed E-state index contributed by atoms with van der Waals surface area (Å²) >= 11 is 0. The molecule has 2 aromatic rings. The smallest absolute Gasteiger partial charge is 0.277 e. The Morgan fingerprint density at radius 3 is 2.62 bits per heavy atom. The molecule has 0 aliphatic rings. The Kier molecular flexibility index (Phi) is 6.03. The van der Waals surface area contributed by atoms with Crippen LogP contribution in [0.2, 0.25) is 0 Å². The fourth-order valence-corrected chi connectivity index (χ4v) is 1.98. The van der Waals surface area contributed by atoms with Gasteiger partial charge in [0, 0.05) is 0 Å². The van der Waals surface area contributed by atoms with E-state index in [-0.39, 0.29) is 12.4 Å². The van der Waals surface area contributed by atoms with E-state index >= 15 is 0 Å². The van der Waals surface area contributed by atoms with E-state index in [9.17, 15) is 9.18 Å². The largest absolute Gasteiger partial charge is 0.482 e. The van der Waals surface area contributed by atoms with Crippen molar-refractivity contribution in [3.63, 3.8) is 0 Å². The molecule has 0 fully saturated rings. The molecule has 1 amide bonds. The second kappa shape index (κ2) is 8.44. The zero-order valence-electron chi connectivity index (χ0n) is 13.1. The predicted molar refractivity (Wildman–Crippen MR) is 88.0 cm³/mol. The lowest BCUT2D eigenvalue weighted by atomic mass is 10.1. The number of carbonyl (C=O) groups excluding carboxylic acids is 1. The van der Waals surface area contributed by atoms with Crippen LogP contribution in [0.5, 0.6) is 5.75 Å². The van der Waals surface area contributed by atoms with Gasteiger partial charge in [-0.05, 0) is 36.2 Å². The van der Waals surface area contributed by atoms with E-state index in [1.54, 1.807) is 36.4 Å². The van der Waals surface area contributed by atoms with Gasteiger partial charge in [-0.15, -0.1) is 0 Å². The molecule has 0 saturated carbocycles. The molecule has 0 spiro atoms. The van der Waals surface area contributed by atoms with E-state index in [1.807, 2.05) is 13.0 Å². The third kappa shape index (κ3) is 4.65. The molecule has 0 heterocycles. The van der Waals surface area contributed by atoms with Crippen LogP contribution in [0.3, 0.4) is 0 Å². The summed E-state index contributed by atoms with van der Waals surface area (Å²) in [6, 6.07) is 14.5. The van der Waals surface area contributed by atoms with Gasteiger partial charge in [0.1, 0.15) is 17.6 Å². The van der Waals surface area contributed by atoms with Gasteiger partial charge in [0.15, 0.2) is 6.61 Å². The molecule has 0 saturated heterocycles. The summed E-state index contributed by atoms with van der Waals surface area (Å²) in [5, 5.41) is 13.0. The normalized spacial score (nSPS) is 10.8. The average Bonchev–Trinajstić information content (AvgIpc) is 2.62. The highest BCUT2D eigenvalue weighted by Gasteiger charge is 2.07. The second-order valence-electron chi connectivity index (χ2n) is 4.85. The first kappa shape index (κ1) is 17.2. The van der Waals surface area contributed by atoms with Crippen molar-refractivity contribution in [3.05, 3.63) is 65.5 Å². The fourth-order valence-electron chi connectivity index (χ4n) is 1.98. The van der Waals surface area contributed by atoms with Gasteiger partial charge in [-0.1, -0.05) is 31.2 Å². The van der Waals surface area contributed by atoms with Crippen LogP contribution in [0.1, 0.15) is 24.5 Å². The fraction of sp³-hybridized carbons (Fsp3) is 0.167. The summed E-state index contributed by atoms with van der Waals surface area (Å²) in [6.07, 6.45) is 0.573. The van der Waals surface area contributed by atoms with Gasteiger partial charge in [0.25, 0.3) is 5.91 Å². The van der Waals surface area contributed by atoms with Gasteiger partial charge in [-0.25, -0.2) is 9.82 Å². The van der Waals surface area contributed by atoms with Crippen molar-refractivity contribution in [1.29, 1.82) is 5.26 Å². The molecular formula is C18H16FN3O2. The zero-order valence-corrected chi connectivity index (χ0v) is 13.1. The highest BCUT2D eigenvalue weighted by atomic mass is 19.1. The number of halogens is 1. The summed E-state index contributed by atoms with van der Waals surface area (Å²) in [5.74, 6) is -0.438. The lowest BCUT2D eigenvalue weighted by molar-refractivity contribution is -0.123. The number of carbonyl (C=O) groups is 1. The summed E-state index contributed by atoms with van der Waals surface area (Å²) < 4.78 is 18.3. The number of nitriles is 1. The number of benzene rings is 2. The minimum atomic E-state index is -0.448. The molecule has 0 atom stereocenters. The quantitative estimate of drug-likeness (QED) is 0.655. The zero-order chi connectivity index (χ0) is 17.4. The lowest BCUT2D eigenvalue weighted by Crippen LogP contribution is -2.26. The van der Waals surface area contributed by atoms with Crippen LogP contribution in [0.25, 0.3) is 0 Å². The van der Waals surface area contributed by atoms with Crippen LogP contribution in [0.4, 0.5) is 4.39 Å². The molecule has 0 aliphatic carbocycles. The lowest BCUT2D eigenvalue weighted by Gasteiger charge is -2.08. The molecule has 6 heteroatoms. The van der Waals surface area contributed by atoms with Gasteiger partial charge in [-0.2, -0.15) is 10.4 Å². The Balaban J connectivity index is 1.96. The molecule has 5 nitrogen and oxygen atoms in total. The number of hydrazone groups is 1. The van der Waals surface area contributed by atoms with Gasteiger partial charge < -0.3 is 4.74 Å².